The first-order chi connectivity index (χ1) is 25.9. The van der Waals surface area contributed by atoms with Crippen molar-refractivity contribution in [3.05, 3.63) is 102 Å². The highest BCUT2D eigenvalue weighted by Gasteiger charge is 2.61. The zero-order chi connectivity index (χ0) is 40.1. The summed E-state index contributed by atoms with van der Waals surface area (Å²) < 4.78 is 40.5. The van der Waals surface area contributed by atoms with Gasteiger partial charge in [-0.25, -0.2) is 17.9 Å². The average molecular weight is 794 g/mol. The quantitative estimate of drug-likeness (QED) is 0.201. The van der Waals surface area contributed by atoms with Gasteiger partial charge in [-0.3, -0.25) is 14.4 Å². The van der Waals surface area contributed by atoms with E-state index >= 15 is 0 Å². The first-order valence-corrected chi connectivity index (χ1v) is 19.9. The van der Waals surface area contributed by atoms with Gasteiger partial charge < -0.3 is 29.9 Å². The molecule has 1 saturated heterocycles. The molecule has 0 spiro atoms. The highest BCUT2D eigenvalue weighted by Crippen LogP contribution is 2.45. The summed E-state index contributed by atoms with van der Waals surface area (Å²) in [6.45, 7) is 13.1. The van der Waals surface area contributed by atoms with E-state index in [4.69, 9.17) is 21.1 Å². The van der Waals surface area contributed by atoms with E-state index in [9.17, 15) is 27.6 Å². The highest BCUT2D eigenvalue weighted by molar-refractivity contribution is 7.90. The molecule has 3 aromatic carbocycles. The molecule has 55 heavy (non-hydrogen) atoms. The maximum atomic E-state index is 14.4. The van der Waals surface area contributed by atoms with Gasteiger partial charge in [0, 0.05) is 35.8 Å². The Bertz CT molecular complexity index is 2010. The maximum absolute atomic E-state index is 14.4. The van der Waals surface area contributed by atoms with E-state index in [1.165, 1.54) is 29.2 Å². The number of carbonyl (C=O) groups excluding carboxylic acids is 4. The molecule has 4 amide bonds. The lowest BCUT2D eigenvalue weighted by molar-refractivity contribution is -0.137. The van der Waals surface area contributed by atoms with Crippen molar-refractivity contribution in [2.45, 2.75) is 75.8 Å². The Morgan fingerprint density at radius 1 is 1.00 bits per heavy atom. The van der Waals surface area contributed by atoms with E-state index in [2.05, 4.69) is 21.9 Å². The largest absolute Gasteiger partial charge is 0.489 e. The Morgan fingerprint density at radius 2 is 1.69 bits per heavy atom. The predicted molar refractivity (Wildman–Crippen MR) is 209 cm³/mol. The second-order valence-corrected chi connectivity index (χ2v) is 17.1. The Hall–Kier alpha value is -5.08. The molecule has 0 unspecified atom stereocenters. The number of ether oxygens (including phenoxy) is 2. The van der Waals surface area contributed by atoms with Crippen LogP contribution in [0.3, 0.4) is 0 Å². The third-order valence-corrected chi connectivity index (χ3v) is 11.0. The monoisotopic (exact) mass is 793 g/mol. The van der Waals surface area contributed by atoms with E-state index in [0.717, 1.165) is 5.56 Å². The van der Waals surface area contributed by atoms with E-state index in [-0.39, 0.29) is 49.2 Å². The molecule has 15 heteroatoms. The van der Waals surface area contributed by atoms with Crippen molar-refractivity contribution in [3.8, 4) is 5.75 Å². The SMILES string of the molecule is C=C[C@@H]1C[C@]1(NC(=O)[C@@H]1CN(C(=O)[C@@H](NC(=O)OC(C)(C)C)C(C)C)CCN1c1ccc(Cl)cc1)C(=O)NS(=O)(=O)c1cccc(OCc2ccccc2)c1. The van der Waals surface area contributed by atoms with Crippen LogP contribution in [0.5, 0.6) is 5.75 Å². The summed E-state index contributed by atoms with van der Waals surface area (Å²) in [5, 5.41) is 6.01. The first kappa shape index (κ1) is 41.1. The van der Waals surface area contributed by atoms with Crippen molar-refractivity contribution in [2.24, 2.45) is 11.8 Å². The normalized spacial score (nSPS) is 20.2. The minimum atomic E-state index is -4.40. The molecular formula is C40H48ClN5O8S. The van der Waals surface area contributed by atoms with Gasteiger partial charge in [-0.1, -0.05) is 67.9 Å². The number of anilines is 1. The molecule has 5 rings (SSSR count). The number of carbonyl (C=O) groups is 4. The van der Waals surface area contributed by atoms with Crippen LogP contribution in [0.15, 0.2) is 96.4 Å². The maximum Gasteiger partial charge on any atom is 0.408 e. The molecule has 294 valence electrons. The van der Waals surface area contributed by atoms with Crippen molar-refractivity contribution in [1.82, 2.24) is 20.3 Å². The van der Waals surface area contributed by atoms with Gasteiger partial charge in [0.25, 0.3) is 15.9 Å². The molecule has 0 aromatic heterocycles. The molecule has 0 radical (unpaired) electrons. The fourth-order valence-electron chi connectivity index (χ4n) is 6.38. The van der Waals surface area contributed by atoms with Gasteiger partial charge in [0.1, 0.15) is 35.6 Å². The Balaban J connectivity index is 1.35. The van der Waals surface area contributed by atoms with Gasteiger partial charge in [0.05, 0.1) is 11.4 Å². The van der Waals surface area contributed by atoms with Crippen LogP contribution in [0.2, 0.25) is 5.02 Å². The minimum absolute atomic E-state index is 0.100. The van der Waals surface area contributed by atoms with Crippen molar-refractivity contribution in [1.29, 1.82) is 0 Å². The lowest BCUT2D eigenvalue weighted by Gasteiger charge is -2.43. The number of halogens is 1. The Labute approximate surface area is 327 Å². The van der Waals surface area contributed by atoms with Gasteiger partial charge in [0.2, 0.25) is 11.8 Å². The molecule has 1 aliphatic heterocycles. The number of nitrogens with one attached hydrogen (secondary N) is 3. The number of nitrogens with zero attached hydrogens (tertiary/aromatic N) is 2. The van der Waals surface area contributed by atoms with Gasteiger partial charge in [-0.15, -0.1) is 6.58 Å². The van der Waals surface area contributed by atoms with Crippen LogP contribution in [-0.2, 0) is 35.8 Å². The molecule has 3 N–H and O–H groups in total. The molecule has 13 nitrogen and oxygen atoms in total. The van der Waals surface area contributed by atoms with E-state index in [1.54, 1.807) is 69.9 Å². The summed E-state index contributed by atoms with van der Waals surface area (Å²) in [6, 6.07) is 20.0. The van der Waals surface area contributed by atoms with E-state index in [0.29, 0.717) is 10.7 Å². The number of piperazine rings is 1. The fourth-order valence-corrected chi connectivity index (χ4v) is 7.57. The summed E-state index contributed by atoms with van der Waals surface area (Å²) >= 11 is 6.16. The van der Waals surface area contributed by atoms with Crippen molar-refractivity contribution in [3.63, 3.8) is 0 Å². The molecule has 1 aliphatic carbocycles. The summed E-state index contributed by atoms with van der Waals surface area (Å²) in [7, 11) is -4.40. The predicted octanol–water partition coefficient (Wildman–Crippen LogP) is 5.05. The highest BCUT2D eigenvalue weighted by atomic mass is 35.5. The topological polar surface area (TPSA) is 163 Å². The smallest absolute Gasteiger partial charge is 0.408 e. The fraction of sp³-hybridized carbons (Fsp3) is 0.400. The molecule has 1 saturated carbocycles. The van der Waals surface area contributed by atoms with Crippen LogP contribution in [-0.4, -0.2) is 80.0 Å². The Kier molecular flexibility index (Phi) is 12.5. The number of hydrogen-bond donors (Lipinski definition) is 3. The van der Waals surface area contributed by atoms with Crippen LogP contribution < -0.4 is 25.0 Å². The van der Waals surface area contributed by atoms with Crippen molar-refractivity contribution in [2.75, 3.05) is 24.5 Å². The molecule has 2 aliphatic rings. The molecule has 1 heterocycles. The second-order valence-electron chi connectivity index (χ2n) is 15.0. The first-order valence-electron chi connectivity index (χ1n) is 18.0. The molecule has 3 aromatic rings. The Morgan fingerprint density at radius 3 is 2.31 bits per heavy atom. The van der Waals surface area contributed by atoms with Crippen molar-refractivity contribution < 1.29 is 37.1 Å². The number of rotatable bonds is 13. The zero-order valence-electron chi connectivity index (χ0n) is 31.6. The molecule has 0 bridgehead atoms. The zero-order valence-corrected chi connectivity index (χ0v) is 33.2. The summed E-state index contributed by atoms with van der Waals surface area (Å²) in [4.78, 5) is 58.0. The van der Waals surface area contributed by atoms with Crippen LogP contribution in [0.1, 0.15) is 46.6 Å². The summed E-state index contributed by atoms with van der Waals surface area (Å²) in [5.74, 6) is -2.53. The number of hydrogen-bond acceptors (Lipinski definition) is 9. The lowest BCUT2D eigenvalue weighted by Crippen LogP contribution is -2.65. The standard InChI is InChI=1S/C40H48ClN5O8S/c1-7-28-23-40(28,37(49)44-55(51,52)32-15-11-14-31(22-32)53-25-27-12-9-8-10-13-27)43-35(47)33-24-45(20-21-46(33)30-18-16-29(41)17-19-30)36(48)34(26(2)3)42-38(50)54-39(4,5)6/h7-19,22,26,28,33-34H,1,20-21,23-25H2,2-6H3,(H,42,50)(H,43,47)(H,44,49)/t28-,33+,34+,40-/m1/s1. The van der Waals surface area contributed by atoms with Crippen LogP contribution in [0.25, 0.3) is 0 Å². The molecular weight excluding hydrogens is 746 g/mol. The third kappa shape index (κ3) is 10.2. The average Bonchev–Trinajstić information content (AvgIpc) is 3.86. The van der Waals surface area contributed by atoms with Gasteiger partial charge in [0.15, 0.2) is 0 Å². The number of sulfonamides is 1. The number of benzene rings is 3. The minimum Gasteiger partial charge on any atom is -0.489 e. The molecule has 4 atom stereocenters. The lowest BCUT2D eigenvalue weighted by atomic mass is 10.0. The summed E-state index contributed by atoms with van der Waals surface area (Å²) in [5.41, 5.74) is -0.862. The van der Waals surface area contributed by atoms with E-state index in [1.807, 2.05) is 30.3 Å². The van der Waals surface area contributed by atoms with Crippen molar-refractivity contribution >= 4 is 51.1 Å². The van der Waals surface area contributed by atoms with Gasteiger partial charge in [-0.05, 0) is 75.1 Å². The third-order valence-electron chi connectivity index (χ3n) is 9.40. The van der Waals surface area contributed by atoms with E-state index < -0.39 is 63.0 Å². The van der Waals surface area contributed by atoms with Crippen LogP contribution >= 0.6 is 11.6 Å². The van der Waals surface area contributed by atoms with Gasteiger partial charge in [-0.2, -0.15) is 0 Å². The summed E-state index contributed by atoms with van der Waals surface area (Å²) in [6.07, 6.45) is 0.857. The number of alkyl carbamates (subject to hydrolysis) is 1. The second kappa shape index (κ2) is 16.7. The van der Waals surface area contributed by atoms with Gasteiger partial charge >= 0.3 is 6.09 Å². The molecule has 2 fully saturated rings. The number of amides is 4. The van der Waals surface area contributed by atoms with Crippen LogP contribution in [0.4, 0.5) is 10.5 Å². The van der Waals surface area contributed by atoms with Crippen LogP contribution in [0, 0.1) is 11.8 Å².